The van der Waals surface area contributed by atoms with Crippen LogP contribution in [-0.4, -0.2) is 22.5 Å². The number of nitrogens with one attached hydrogen (secondary N) is 1. The molecule has 0 bridgehead atoms. The van der Waals surface area contributed by atoms with E-state index in [-0.39, 0.29) is 12.3 Å². The van der Waals surface area contributed by atoms with Crippen molar-refractivity contribution in [3.8, 4) is 0 Å². The van der Waals surface area contributed by atoms with Crippen LogP contribution in [0.1, 0.15) is 57.8 Å². The zero-order valence-corrected chi connectivity index (χ0v) is 11.4. The van der Waals surface area contributed by atoms with Crippen LogP contribution in [0, 0.1) is 5.92 Å². The van der Waals surface area contributed by atoms with Gasteiger partial charge in [0, 0.05) is 6.42 Å². The average Bonchev–Trinajstić information content (AvgIpc) is 2.81. The normalized spacial score (nSPS) is 25.2. The molecule has 0 radical (unpaired) electrons. The van der Waals surface area contributed by atoms with Crippen LogP contribution in [0.4, 0.5) is 0 Å². The molecule has 0 aliphatic heterocycles. The Labute approximate surface area is 114 Å². The molecule has 2 aliphatic rings. The molecule has 2 N–H and O–H groups in total. The SMILES string of the molecule is O=C(O)CC1(NC(=O)CC2C=CCC2)CCCCC1. The molecule has 0 spiro atoms. The van der Waals surface area contributed by atoms with Crippen LogP contribution in [0.5, 0.6) is 0 Å². The number of rotatable bonds is 5. The summed E-state index contributed by atoms with van der Waals surface area (Å²) in [6.45, 7) is 0. The molecular weight excluding hydrogens is 242 g/mol. The van der Waals surface area contributed by atoms with E-state index in [4.69, 9.17) is 5.11 Å². The lowest BCUT2D eigenvalue weighted by molar-refractivity contribution is -0.139. The first-order valence-electron chi connectivity index (χ1n) is 7.29. The lowest BCUT2D eigenvalue weighted by atomic mass is 9.79. The van der Waals surface area contributed by atoms with Crippen LogP contribution in [-0.2, 0) is 9.59 Å². The molecule has 0 aromatic heterocycles. The van der Waals surface area contributed by atoms with Crippen molar-refractivity contribution in [2.75, 3.05) is 0 Å². The summed E-state index contributed by atoms with van der Waals surface area (Å²) in [5.74, 6) is -0.465. The van der Waals surface area contributed by atoms with Gasteiger partial charge in [0.25, 0.3) is 0 Å². The lowest BCUT2D eigenvalue weighted by Crippen LogP contribution is -2.51. The van der Waals surface area contributed by atoms with Crippen LogP contribution in [0.2, 0.25) is 0 Å². The summed E-state index contributed by atoms with van der Waals surface area (Å²) in [7, 11) is 0. The number of hydrogen-bond acceptors (Lipinski definition) is 2. The van der Waals surface area contributed by atoms with Crippen LogP contribution < -0.4 is 5.32 Å². The highest BCUT2D eigenvalue weighted by Crippen LogP contribution is 2.31. The summed E-state index contributed by atoms with van der Waals surface area (Å²) >= 11 is 0. The Kier molecular flexibility index (Phi) is 4.61. The zero-order chi connectivity index (χ0) is 13.7. The summed E-state index contributed by atoms with van der Waals surface area (Å²) in [5.41, 5.74) is -0.497. The first kappa shape index (κ1) is 14.1. The summed E-state index contributed by atoms with van der Waals surface area (Å²) in [6, 6.07) is 0. The van der Waals surface area contributed by atoms with Gasteiger partial charge in [0.05, 0.1) is 12.0 Å². The molecule has 4 heteroatoms. The van der Waals surface area contributed by atoms with Gasteiger partial charge in [-0.15, -0.1) is 0 Å². The number of allylic oxidation sites excluding steroid dienone is 2. The Morgan fingerprint density at radius 1 is 1.26 bits per heavy atom. The zero-order valence-electron chi connectivity index (χ0n) is 11.4. The quantitative estimate of drug-likeness (QED) is 0.751. The highest BCUT2D eigenvalue weighted by atomic mass is 16.4. The summed E-state index contributed by atoms with van der Waals surface area (Å²) in [5, 5.41) is 12.1. The lowest BCUT2D eigenvalue weighted by Gasteiger charge is -2.37. The van der Waals surface area contributed by atoms with E-state index in [1.54, 1.807) is 0 Å². The maximum absolute atomic E-state index is 12.1. The molecule has 19 heavy (non-hydrogen) atoms. The summed E-state index contributed by atoms with van der Waals surface area (Å²) in [6.07, 6.45) is 11.6. The predicted molar refractivity (Wildman–Crippen MR) is 72.7 cm³/mol. The Balaban J connectivity index is 1.92. The Morgan fingerprint density at radius 3 is 2.58 bits per heavy atom. The molecule has 1 unspecified atom stereocenters. The molecule has 1 saturated carbocycles. The van der Waals surface area contributed by atoms with E-state index in [1.807, 2.05) is 0 Å². The van der Waals surface area contributed by atoms with E-state index < -0.39 is 11.5 Å². The Morgan fingerprint density at radius 2 is 2.00 bits per heavy atom. The van der Waals surface area contributed by atoms with Gasteiger partial charge in [-0.25, -0.2) is 0 Å². The van der Waals surface area contributed by atoms with Crippen molar-refractivity contribution >= 4 is 11.9 Å². The van der Waals surface area contributed by atoms with E-state index in [9.17, 15) is 9.59 Å². The maximum Gasteiger partial charge on any atom is 0.305 e. The molecule has 0 saturated heterocycles. The van der Waals surface area contributed by atoms with Crippen molar-refractivity contribution < 1.29 is 14.7 Å². The number of amides is 1. The molecule has 1 fully saturated rings. The van der Waals surface area contributed by atoms with Gasteiger partial charge in [-0.3, -0.25) is 9.59 Å². The number of hydrogen-bond donors (Lipinski definition) is 2. The van der Waals surface area contributed by atoms with Crippen molar-refractivity contribution in [2.24, 2.45) is 5.92 Å². The highest BCUT2D eigenvalue weighted by Gasteiger charge is 2.36. The van der Waals surface area contributed by atoms with E-state index in [0.717, 1.165) is 44.9 Å². The fourth-order valence-electron chi connectivity index (χ4n) is 3.31. The highest BCUT2D eigenvalue weighted by molar-refractivity contribution is 5.78. The van der Waals surface area contributed by atoms with Crippen molar-refractivity contribution in [2.45, 2.75) is 63.3 Å². The fourth-order valence-corrected chi connectivity index (χ4v) is 3.31. The van der Waals surface area contributed by atoms with Crippen molar-refractivity contribution in [3.63, 3.8) is 0 Å². The van der Waals surface area contributed by atoms with Gasteiger partial charge in [-0.1, -0.05) is 31.4 Å². The molecule has 4 nitrogen and oxygen atoms in total. The van der Waals surface area contributed by atoms with Crippen molar-refractivity contribution in [1.29, 1.82) is 0 Å². The Bertz CT molecular complexity index is 370. The van der Waals surface area contributed by atoms with Gasteiger partial charge in [-0.05, 0) is 31.6 Å². The average molecular weight is 265 g/mol. The van der Waals surface area contributed by atoms with Crippen LogP contribution in [0.15, 0.2) is 12.2 Å². The fraction of sp³-hybridized carbons (Fsp3) is 0.733. The minimum atomic E-state index is -0.817. The minimum Gasteiger partial charge on any atom is -0.481 e. The second kappa shape index (κ2) is 6.22. The van der Waals surface area contributed by atoms with E-state index >= 15 is 0 Å². The molecule has 1 atom stereocenters. The number of aliphatic carboxylic acids is 1. The standard InChI is InChI=1S/C15H23NO3/c17-13(10-12-6-2-3-7-12)16-15(11-14(18)19)8-4-1-5-9-15/h2,6,12H,1,3-5,7-11H2,(H,16,17)(H,18,19). The van der Waals surface area contributed by atoms with Gasteiger partial charge in [0.1, 0.15) is 0 Å². The second-order valence-corrected chi connectivity index (χ2v) is 5.93. The van der Waals surface area contributed by atoms with Gasteiger partial charge >= 0.3 is 5.97 Å². The summed E-state index contributed by atoms with van der Waals surface area (Å²) in [4.78, 5) is 23.2. The number of carbonyl (C=O) groups is 2. The smallest absolute Gasteiger partial charge is 0.305 e. The predicted octanol–water partition coefficient (Wildman–Crippen LogP) is 2.64. The van der Waals surface area contributed by atoms with Crippen molar-refractivity contribution in [1.82, 2.24) is 5.32 Å². The van der Waals surface area contributed by atoms with E-state index in [2.05, 4.69) is 17.5 Å². The van der Waals surface area contributed by atoms with E-state index in [0.29, 0.717) is 12.3 Å². The van der Waals surface area contributed by atoms with Crippen LogP contribution >= 0.6 is 0 Å². The van der Waals surface area contributed by atoms with Crippen molar-refractivity contribution in [3.05, 3.63) is 12.2 Å². The summed E-state index contributed by atoms with van der Waals surface area (Å²) < 4.78 is 0. The second-order valence-electron chi connectivity index (χ2n) is 5.93. The third-order valence-corrected chi connectivity index (χ3v) is 4.26. The monoisotopic (exact) mass is 265 g/mol. The topological polar surface area (TPSA) is 66.4 Å². The Hall–Kier alpha value is -1.32. The van der Waals surface area contributed by atoms with E-state index in [1.165, 1.54) is 0 Å². The van der Waals surface area contributed by atoms with Gasteiger partial charge in [0.2, 0.25) is 5.91 Å². The molecule has 106 valence electrons. The molecule has 2 aliphatic carbocycles. The minimum absolute atomic E-state index is 0.0136. The number of carbonyl (C=O) groups excluding carboxylic acids is 1. The van der Waals surface area contributed by atoms with Gasteiger partial charge in [-0.2, -0.15) is 0 Å². The molecule has 0 aromatic rings. The molecule has 0 aromatic carbocycles. The molecule has 1 amide bonds. The van der Waals surface area contributed by atoms with Crippen LogP contribution in [0.3, 0.4) is 0 Å². The van der Waals surface area contributed by atoms with Gasteiger partial charge < -0.3 is 10.4 Å². The maximum atomic E-state index is 12.1. The third-order valence-electron chi connectivity index (χ3n) is 4.26. The first-order chi connectivity index (χ1) is 9.10. The number of carboxylic acid groups (broad SMARTS) is 1. The third kappa shape index (κ3) is 4.08. The molecular formula is C15H23NO3. The molecule has 0 heterocycles. The first-order valence-corrected chi connectivity index (χ1v) is 7.29. The number of carboxylic acids is 1. The van der Waals surface area contributed by atoms with Crippen LogP contribution in [0.25, 0.3) is 0 Å². The molecule has 2 rings (SSSR count). The largest absolute Gasteiger partial charge is 0.481 e. The van der Waals surface area contributed by atoms with Gasteiger partial charge in [0.15, 0.2) is 0 Å².